The predicted octanol–water partition coefficient (Wildman–Crippen LogP) is 2.27. The van der Waals surface area contributed by atoms with Crippen molar-refractivity contribution in [3.05, 3.63) is 17.2 Å². The largest absolute Gasteiger partial charge is 0.389 e. The van der Waals surface area contributed by atoms with Crippen LogP contribution in [0.15, 0.2) is 6.08 Å². The Bertz CT molecular complexity index is 461. The van der Waals surface area contributed by atoms with Gasteiger partial charge in [-0.05, 0) is 56.4 Å². The Hall–Kier alpha value is -1.20. The normalized spacial score (nSPS) is 19.8. The van der Waals surface area contributed by atoms with Crippen molar-refractivity contribution < 1.29 is 5.11 Å². The number of aromatic nitrogens is 3. The Morgan fingerprint density at radius 1 is 1.39 bits per heavy atom. The summed E-state index contributed by atoms with van der Waals surface area (Å²) in [6, 6.07) is 0.224. The summed E-state index contributed by atoms with van der Waals surface area (Å²) in [5.74, 6) is 1.03. The molecule has 0 amide bonds. The maximum absolute atomic E-state index is 9.63. The maximum atomic E-state index is 9.63. The molecule has 5 nitrogen and oxygen atoms in total. The number of anilines is 1. The Labute approximate surface area is 111 Å². The van der Waals surface area contributed by atoms with Crippen molar-refractivity contribution in [1.29, 1.82) is 0 Å². The zero-order chi connectivity index (χ0) is 13.1. The highest BCUT2D eigenvalue weighted by molar-refractivity contribution is 6.28. The first-order valence-electron chi connectivity index (χ1n) is 6.12. The van der Waals surface area contributed by atoms with E-state index in [2.05, 4.69) is 20.3 Å². The van der Waals surface area contributed by atoms with Gasteiger partial charge in [0.1, 0.15) is 0 Å². The van der Waals surface area contributed by atoms with Crippen molar-refractivity contribution in [3.63, 3.8) is 0 Å². The zero-order valence-electron chi connectivity index (χ0n) is 10.5. The molecule has 1 aromatic rings. The molecule has 1 aliphatic rings. The standard InChI is InChI=1S/C12H17ClN4O/c1-7(2)14-12-16-10(15-11(13)17-12)8-4-3-5-9(18)6-8/h6-7,9,18H,3-5H2,1-2H3,(H,14,15,16,17)/t9-/m1/s1. The summed E-state index contributed by atoms with van der Waals surface area (Å²) >= 11 is 5.90. The van der Waals surface area contributed by atoms with Gasteiger partial charge < -0.3 is 10.4 Å². The zero-order valence-corrected chi connectivity index (χ0v) is 11.3. The molecule has 1 atom stereocenters. The number of nitrogens with zero attached hydrogens (tertiary/aromatic N) is 3. The van der Waals surface area contributed by atoms with Crippen LogP contribution >= 0.6 is 11.6 Å². The number of aliphatic hydroxyl groups is 1. The number of allylic oxidation sites excluding steroid dienone is 1. The second-order valence-electron chi connectivity index (χ2n) is 4.70. The van der Waals surface area contributed by atoms with Crippen LogP contribution in [0, 0.1) is 0 Å². The van der Waals surface area contributed by atoms with E-state index >= 15 is 0 Å². The van der Waals surface area contributed by atoms with Crippen LogP contribution < -0.4 is 5.32 Å². The predicted molar refractivity (Wildman–Crippen MR) is 71.4 cm³/mol. The lowest BCUT2D eigenvalue weighted by atomic mass is 9.97. The fraction of sp³-hybridized carbons (Fsp3) is 0.583. The molecule has 1 heterocycles. The minimum absolute atomic E-state index is 0.170. The van der Waals surface area contributed by atoms with Crippen molar-refractivity contribution in [2.45, 2.75) is 45.3 Å². The third-order valence-electron chi connectivity index (χ3n) is 2.65. The molecule has 18 heavy (non-hydrogen) atoms. The Balaban J connectivity index is 2.30. The van der Waals surface area contributed by atoms with E-state index in [1.165, 1.54) is 0 Å². The second kappa shape index (κ2) is 5.63. The molecule has 0 bridgehead atoms. The van der Waals surface area contributed by atoms with Crippen LogP contribution in [0.3, 0.4) is 0 Å². The van der Waals surface area contributed by atoms with Crippen LogP contribution in [0.2, 0.25) is 5.28 Å². The average Bonchev–Trinajstić information content (AvgIpc) is 2.27. The lowest BCUT2D eigenvalue weighted by Crippen LogP contribution is -2.15. The average molecular weight is 269 g/mol. The van der Waals surface area contributed by atoms with Gasteiger partial charge in [0.15, 0.2) is 5.82 Å². The number of rotatable bonds is 3. The molecule has 2 rings (SSSR count). The molecular weight excluding hydrogens is 252 g/mol. The maximum Gasteiger partial charge on any atom is 0.227 e. The minimum atomic E-state index is -0.411. The molecule has 0 unspecified atom stereocenters. The van der Waals surface area contributed by atoms with E-state index in [-0.39, 0.29) is 11.3 Å². The summed E-state index contributed by atoms with van der Waals surface area (Å²) < 4.78 is 0. The fourth-order valence-corrected chi connectivity index (χ4v) is 2.06. The molecule has 1 aliphatic carbocycles. The van der Waals surface area contributed by atoms with Gasteiger partial charge in [-0.1, -0.05) is 0 Å². The molecule has 2 N–H and O–H groups in total. The summed E-state index contributed by atoms with van der Waals surface area (Å²) in [7, 11) is 0. The minimum Gasteiger partial charge on any atom is -0.389 e. The second-order valence-corrected chi connectivity index (χ2v) is 5.04. The van der Waals surface area contributed by atoms with Crippen LogP contribution in [-0.4, -0.2) is 32.2 Å². The van der Waals surface area contributed by atoms with Gasteiger partial charge in [-0.3, -0.25) is 0 Å². The Morgan fingerprint density at radius 2 is 2.17 bits per heavy atom. The Kier molecular flexibility index (Phi) is 4.14. The first-order valence-corrected chi connectivity index (χ1v) is 6.49. The van der Waals surface area contributed by atoms with E-state index in [9.17, 15) is 5.11 Å². The van der Waals surface area contributed by atoms with E-state index in [0.717, 1.165) is 24.8 Å². The highest BCUT2D eigenvalue weighted by Crippen LogP contribution is 2.25. The molecule has 0 saturated heterocycles. The molecular formula is C12H17ClN4O. The summed E-state index contributed by atoms with van der Waals surface area (Å²) in [6.45, 7) is 4.00. The van der Waals surface area contributed by atoms with E-state index in [0.29, 0.717) is 11.8 Å². The lowest BCUT2D eigenvalue weighted by molar-refractivity contribution is 0.206. The molecule has 98 valence electrons. The number of hydrogen-bond donors (Lipinski definition) is 2. The monoisotopic (exact) mass is 268 g/mol. The van der Waals surface area contributed by atoms with E-state index < -0.39 is 6.10 Å². The molecule has 0 radical (unpaired) electrons. The van der Waals surface area contributed by atoms with Gasteiger partial charge in [-0.25, -0.2) is 0 Å². The Morgan fingerprint density at radius 3 is 2.83 bits per heavy atom. The number of nitrogens with one attached hydrogen (secondary N) is 1. The van der Waals surface area contributed by atoms with Gasteiger partial charge in [0.2, 0.25) is 11.2 Å². The molecule has 0 spiro atoms. The van der Waals surface area contributed by atoms with E-state index in [4.69, 9.17) is 11.6 Å². The number of hydrogen-bond acceptors (Lipinski definition) is 5. The number of halogens is 1. The van der Waals surface area contributed by atoms with E-state index in [1.807, 2.05) is 13.8 Å². The van der Waals surface area contributed by atoms with Gasteiger partial charge in [0.25, 0.3) is 0 Å². The summed E-state index contributed by atoms with van der Waals surface area (Å²) in [5.41, 5.74) is 0.935. The smallest absolute Gasteiger partial charge is 0.227 e. The third-order valence-corrected chi connectivity index (χ3v) is 2.82. The molecule has 0 fully saturated rings. The lowest BCUT2D eigenvalue weighted by Gasteiger charge is -2.16. The molecule has 0 aliphatic heterocycles. The summed E-state index contributed by atoms with van der Waals surface area (Å²) in [5, 5.41) is 12.9. The van der Waals surface area contributed by atoms with Crippen molar-refractivity contribution in [1.82, 2.24) is 15.0 Å². The number of aliphatic hydroxyl groups excluding tert-OH is 1. The van der Waals surface area contributed by atoms with Crippen LogP contribution in [0.25, 0.3) is 5.57 Å². The van der Waals surface area contributed by atoms with E-state index in [1.54, 1.807) is 6.08 Å². The summed E-state index contributed by atoms with van der Waals surface area (Å²) in [4.78, 5) is 12.5. The topological polar surface area (TPSA) is 70.9 Å². The molecule has 1 aromatic heterocycles. The van der Waals surface area contributed by atoms with Crippen molar-refractivity contribution in [2.24, 2.45) is 0 Å². The summed E-state index contributed by atoms with van der Waals surface area (Å²) in [6.07, 6.45) is 3.97. The third kappa shape index (κ3) is 3.40. The fourth-order valence-electron chi connectivity index (χ4n) is 1.90. The quantitative estimate of drug-likeness (QED) is 0.880. The van der Waals surface area contributed by atoms with Gasteiger partial charge in [0, 0.05) is 6.04 Å². The molecule has 0 saturated carbocycles. The first-order chi connectivity index (χ1) is 8.54. The SMILES string of the molecule is CC(C)Nc1nc(Cl)nc(C2=C[C@H](O)CCC2)n1. The molecule has 0 aromatic carbocycles. The van der Waals surface area contributed by atoms with Gasteiger partial charge in [-0.15, -0.1) is 0 Å². The molecule has 6 heteroatoms. The van der Waals surface area contributed by atoms with Gasteiger partial charge in [0.05, 0.1) is 6.10 Å². The van der Waals surface area contributed by atoms with Crippen LogP contribution in [0.4, 0.5) is 5.95 Å². The van der Waals surface area contributed by atoms with Gasteiger partial charge >= 0.3 is 0 Å². The highest BCUT2D eigenvalue weighted by atomic mass is 35.5. The van der Waals surface area contributed by atoms with Crippen molar-refractivity contribution in [3.8, 4) is 0 Å². The van der Waals surface area contributed by atoms with Gasteiger partial charge in [-0.2, -0.15) is 15.0 Å². The van der Waals surface area contributed by atoms with Crippen LogP contribution in [0.5, 0.6) is 0 Å². The van der Waals surface area contributed by atoms with Crippen LogP contribution in [0.1, 0.15) is 38.9 Å². The van der Waals surface area contributed by atoms with Crippen LogP contribution in [-0.2, 0) is 0 Å². The van der Waals surface area contributed by atoms with Crippen molar-refractivity contribution in [2.75, 3.05) is 5.32 Å². The van der Waals surface area contributed by atoms with Crippen molar-refractivity contribution >= 4 is 23.1 Å². The highest BCUT2D eigenvalue weighted by Gasteiger charge is 2.16. The first kappa shape index (κ1) is 13.2.